The van der Waals surface area contributed by atoms with Crippen molar-refractivity contribution in [3.8, 4) is 5.75 Å². The average molecular weight is 440 g/mol. The van der Waals surface area contributed by atoms with Crippen molar-refractivity contribution >= 4 is 28.6 Å². The number of ether oxygens (including phenoxy) is 1. The standard InChI is InChI=1S/C18H19INO4/c1-24-15-8-5-13(6-9-15)7-10-16-14(3-2-4-17(16)19)11-20(23)12-18(21)22/h2-6,8-9H,7,10-12H2,1H3,(H,21,22)/q-1. The van der Waals surface area contributed by atoms with E-state index in [2.05, 4.69) is 22.6 Å². The molecule has 2 rings (SSSR count). The second kappa shape index (κ2) is 9.00. The van der Waals surface area contributed by atoms with E-state index in [-0.39, 0.29) is 6.54 Å². The smallest absolute Gasteiger partial charge is 0.316 e. The Hall–Kier alpha value is -1.64. The second-order valence-corrected chi connectivity index (χ2v) is 6.58. The Kier molecular flexibility index (Phi) is 7.01. The number of carbonyl (C=O) groups is 1. The van der Waals surface area contributed by atoms with E-state index in [1.807, 2.05) is 42.5 Å². The van der Waals surface area contributed by atoms with Crippen LogP contribution < -0.4 is 4.74 Å². The third kappa shape index (κ3) is 5.47. The monoisotopic (exact) mass is 440 g/mol. The zero-order valence-electron chi connectivity index (χ0n) is 13.4. The molecule has 2 aromatic rings. The van der Waals surface area contributed by atoms with Gasteiger partial charge in [0, 0.05) is 10.1 Å². The van der Waals surface area contributed by atoms with Crippen molar-refractivity contribution in [2.24, 2.45) is 0 Å². The van der Waals surface area contributed by atoms with Crippen LogP contribution in [0.2, 0.25) is 0 Å². The molecule has 0 spiro atoms. The molecule has 0 saturated heterocycles. The van der Waals surface area contributed by atoms with Crippen molar-refractivity contribution in [3.63, 3.8) is 0 Å². The zero-order chi connectivity index (χ0) is 17.5. The first-order valence-electron chi connectivity index (χ1n) is 7.52. The Morgan fingerprint density at radius 1 is 1.21 bits per heavy atom. The van der Waals surface area contributed by atoms with Crippen molar-refractivity contribution in [3.05, 3.63) is 67.9 Å². The van der Waals surface area contributed by atoms with Crippen LogP contribution in [0.5, 0.6) is 5.75 Å². The number of hydrogen-bond acceptors (Lipinski definition) is 4. The molecule has 0 bridgehead atoms. The van der Waals surface area contributed by atoms with E-state index in [1.54, 1.807) is 7.11 Å². The highest BCUT2D eigenvalue weighted by atomic mass is 127. The van der Waals surface area contributed by atoms with Gasteiger partial charge in [0.1, 0.15) is 5.75 Å². The molecule has 24 heavy (non-hydrogen) atoms. The Morgan fingerprint density at radius 3 is 2.54 bits per heavy atom. The van der Waals surface area contributed by atoms with Gasteiger partial charge in [-0.3, -0.25) is 4.79 Å². The lowest BCUT2D eigenvalue weighted by atomic mass is 9.99. The van der Waals surface area contributed by atoms with E-state index in [0.717, 1.165) is 33.3 Å². The van der Waals surface area contributed by atoms with Crippen molar-refractivity contribution in [1.29, 1.82) is 0 Å². The average Bonchev–Trinajstić information content (AvgIpc) is 2.54. The fraction of sp³-hybridized carbons (Fsp3) is 0.278. The number of rotatable bonds is 8. The van der Waals surface area contributed by atoms with Crippen LogP contribution in [0.1, 0.15) is 16.7 Å². The molecule has 128 valence electrons. The number of hydrogen-bond donors (Lipinski definition) is 1. The fourth-order valence-electron chi connectivity index (χ4n) is 2.49. The summed E-state index contributed by atoms with van der Waals surface area (Å²) in [5, 5.41) is 21.1. The largest absolute Gasteiger partial charge is 0.785 e. The first-order chi connectivity index (χ1) is 11.5. The van der Waals surface area contributed by atoms with E-state index >= 15 is 0 Å². The topological polar surface area (TPSA) is 72.8 Å². The van der Waals surface area contributed by atoms with Crippen LogP contribution in [0.25, 0.3) is 0 Å². The summed E-state index contributed by atoms with van der Waals surface area (Å²) in [6.45, 7) is -0.426. The first kappa shape index (κ1) is 18.7. The fourth-order valence-corrected chi connectivity index (χ4v) is 3.31. The van der Waals surface area contributed by atoms with Gasteiger partial charge in [0.15, 0.2) is 0 Å². The van der Waals surface area contributed by atoms with Crippen molar-refractivity contribution in [2.45, 2.75) is 19.4 Å². The lowest BCUT2D eigenvalue weighted by Crippen LogP contribution is -2.24. The molecular weight excluding hydrogens is 421 g/mol. The number of hydroxylamine groups is 2. The van der Waals surface area contributed by atoms with E-state index in [0.29, 0.717) is 5.06 Å². The van der Waals surface area contributed by atoms with Crippen LogP contribution in [0.4, 0.5) is 0 Å². The number of halogens is 1. The van der Waals surface area contributed by atoms with E-state index < -0.39 is 12.5 Å². The van der Waals surface area contributed by atoms with Gasteiger partial charge in [-0.2, -0.15) is 0 Å². The minimum Gasteiger partial charge on any atom is -0.785 e. The van der Waals surface area contributed by atoms with Crippen LogP contribution in [-0.4, -0.2) is 29.8 Å². The summed E-state index contributed by atoms with van der Waals surface area (Å²) >= 11 is 2.26. The molecule has 1 N–H and O–H groups in total. The summed E-state index contributed by atoms with van der Waals surface area (Å²) < 4.78 is 6.24. The number of methoxy groups -OCH3 is 1. The van der Waals surface area contributed by atoms with Crippen LogP contribution in [0.3, 0.4) is 0 Å². The SMILES string of the molecule is COc1ccc(CCc2c(I)cccc2CN([O-])CC(=O)O)cc1. The molecule has 0 aliphatic rings. The summed E-state index contributed by atoms with van der Waals surface area (Å²) in [5.41, 5.74) is 3.16. The van der Waals surface area contributed by atoms with Crippen molar-refractivity contribution in [2.75, 3.05) is 13.7 Å². The van der Waals surface area contributed by atoms with E-state index in [1.165, 1.54) is 5.56 Å². The van der Waals surface area contributed by atoms with Gasteiger partial charge in [0.2, 0.25) is 0 Å². The molecule has 2 aromatic carbocycles. The van der Waals surface area contributed by atoms with Gasteiger partial charge >= 0.3 is 5.97 Å². The summed E-state index contributed by atoms with van der Waals surface area (Å²) in [6, 6.07) is 13.7. The molecule has 0 unspecified atom stereocenters. The maximum absolute atomic E-state index is 11.8. The summed E-state index contributed by atoms with van der Waals surface area (Å²) in [5.74, 6) is -0.292. The Balaban J connectivity index is 2.09. The van der Waals surface area contributed by atoms with Crippen LogP contribution >= 0.6 is 22.6 Å². The van der Waals surface area contributed by atoms with Crippen molar-refractivity contribution in [1.82, 2.24) is 5.06 Å². The minimum atomic E-state index is -1.12. The molecule has 5 nitrogen and oxygen atoms in total. The zero-order valence-corrected chi connectivity index (χ0v) is 15.5. The molecule has 0 aliphatic heterocycles. The quantitative estimate of drug-likeness (QED) is 0.503. The predicted octanol–water partition coefficient (Wildman–Crippen LogP) is 3.47. The maximum atomic E-state index is 11.8. The van der Waals surface area contributed by atoms with Gasteiger partial charge in [0.05, 0.1) is 13.7 Å². The van der Waals surface area contributed by atoms with Crippen LogP contribution in [0.15, 0.2) is 42.5 Å². The molecule has 6 heteroatoms. The number of carboxylic acids is 1. The normalized spacial score (nSPS) is 10.8. The lowest BCUT2D eigenvalue weighted by molar-refractivity contribution is -0.137. The highest BCUT2D eigenvalue weighted by molar-refractivity contribution is 14.1. The van der Waals surface area contributed by atoms with E-state index in [4.69, 9.17) is 9.84 Å². The van der Waals surface area contributed by atoms with Gasteiger partial charge in [-0.15, -0.1) is 0 Å². The van der Waals surface area contributed by atoms with Crippen LogP contribution in [0, 0.1) is 8.78 Å². The molecule has 0 atom stereocenters. The molecule has 0 fully saturated rings. The molecule has 0 amide bonds. The van der Waals surface area contributed by atoms with Gasteiger partial charge < -0.3 is 20.1 Å². The van der Waals surface area contributed by atoms with Crippen molar-refractivity contribution < 1.29 is 14.6 Å². The summed E-state index contributed by atoms with van der Waals surface area (Å²) in [4.78, 5) is 10.7. The predicted molar refractivity (Wildman–Crippen MR) is 101 cm³/mol. The third-order valence-corrected chi connectivity index (χ3v) is 4.71. The maximum Gasteiger partial charge on any atom is 0.316 e. The van der Waals surface area contributed by atoms with E-state index in [9.17, 15) is 10.0 Å². The third-order valence-electron chi connectivity index (χ3n) is 3.70. The highest BCUT2D eigenvalue weighted by Gasteiger charge is 2.09. The summed E-state index contributed by atoms with van der Waals surface area (Å²) in [7, 11) is 1.64. The number of nitrogens with zero attached hydrogens (tertiary/aromatic N) is 1. The number of carboxylic acid groups (broad SMARTS) is 1. The molecule has 0 radical (unpaired) electrons. The molecule has 0 saturated carbocycles. The minimum absolute atomic E-state index is 0.0844. The first-order valence-corrected chi connectivity index (χ1v) is 8.60. The Bertz CT molecular complexity index is 688. The second-order valence-electron chi connectivity index (χ2n) is 5.42. The van der Waals surface area contributed by atoms with Crippen LogP contribution in [-0.2, 0) is 24.2 Å². The Labute approximate surface area is 155 Å². The van der Waals surface area contributed by atoms with Gasteiger partial charge in [-0.1, -0.05) is 24.3 Å². The molecule has 0 aromatic heterocycles. The summed E-state index contributed by atoms with van der Waals surface area (Å²) in [6.07, 6.45) is 1.64. The van der Waals surface area contributed by atoms with Gasteiger partial charge in [-0.05, 0) is 70.3 Å². The highest BCUT2D eigenvalue weighted by Crippen LogP contribution is 2.21. The lowest BCUT2D eigenvalue weighted by Gasteiger charge is -2.27. The number of benzene rings is 2. The van der Waals surface area contributed by atoms with Gasteiger partial charge in [-0.25, -0.2) is 0 Å². The van der Waals surface area contributed by atoms with Gasteiger partial charge in [0.25, 0.3) is 0 Å². The number of aryl methyl sites for hydroxylation is 1. The molecule has 0 heterocycles. The Morgan fingerprint density at radius 2 is 1.92 bits per heavy atom. The molecule has 0 aliphatic carbocycles. The molecular formula is C18H19INO4-. The number of aliphatic carboxylic acids is 1.